The van der Waals surface area contributed by atoms with Crippen LogP contribution in [-0.4, -0.2) is 53.4 Å². The van der Waals surface area contributed by atoms with Gasteiger partial charge in [-0.2, -0.15) is 0 Å². The zero-order valence-electron chi connectivity index (χ0n) is 12.8. The van der Waals surface area contributed by atoms with Gasteiger partial charge in [0, 0.05) is 25.9 Å². The van der Waals surface area contributed by atoms with Gasteiger partial charge < -0.3 is 15.5 Å². The van der Waals surface area contributed by atoms with E-state index in [0.29, 0.717) is 24.4 Å². The zero-order valence-corrected chi connectivity index (χ0v) is 13.6. The van der Waals surface area contributed by atoms with Crippen LogP contribution in [0.4, 0.5) is 0 Å². The second-order valence-electron chi connectivity index (χ2n) is 5.60. The van der Waals surface area contributed by atoms with E-state index in [9.17, 15) is 4.79 Å². The number of hydrogen-bond acceptors (Lipinski definition) is 3. The maximum Gasteiger partial charge on any atom is 0.222 e. The first kappa shape index (κ1) is 17.4. The lowest BCUT2D eigenvalue weighted by atomic mass is 10.2. The summed E-state index contributed by atoms with van der Waals surface area (Å²) in [4.78, 5) is 17.0. The number of nitrogens with two attached hydrogens (primary N) is 1. The second kappa shape index (κ2) is 10.1. The number of carbonyl (C=O) groups is 1. The average molecular weight is 299 g/mol. The normalized spacial score (nSPS) is 15.4. The minimum Gasteiger partial charge on any atom is -0.393 e. The zero-order chi connectivity index (χ0) is 14.8. The molecule has 1 aliphatic rings. The molecule has 20 heavy (non-hydrogen) atoms. The van der Waals surface area contributed by atoms with E-state index in [1.807, 2.05) is 11.8 Å². The van der Waals surface area contributed by atoms with Crippen molar-refractivity contribution < 1.29 is 4.79 Å². The fourth-order valence-corrected chi connectivity index (χ4v) is 2.71. The van der Waals surface area contributed by atoms with E-state index >= 15 is 0 Å². The van der Waals surface area contributed by atoms with Gasteiger partial charge >= 0.3 is 0 Å². The largest absolute Gasteiger partial charge is 0.393 e. The number of nitrogens with zero attached hydrogens (tertiary/aromatic N) is 2. The molecule has 1 aliphatic heterocycles. The molecule has 0 radical (unpaired) electrons. The van der Waals surface area contributed by atoms with Crippen LogP contribution < -0.4 is 5.73 Å². The van der Waals surface area contributed by atoms with Gasteiger partial charge in [0.15, 0.2) is 0 Å². The maximum absolute atomic E-state index is 12.0. The quantitative estimate of drug-likeness (QED) is 0.496. The number of hydrogen-bond donors (Lipinski definition) is 1. The van der Waals surface area contributed by atoms with Gasteiger partial charge in [0.25, 0.3) is 0 Å². The highest BCUT2D eigenvalue weighted by Gasteiger charge is 2.14. The van der Waals surface area contributed by atoms with Gasteiger partial charge in [-0.15, -0.1) is 0 Å². The Morgan fingerprint density at radius 3 is 2.50 bits per heavy atom. The molecule has 0 bridgehead atoms. The van der Waals surface area contributed by atoms with E-state index < -0.39 is 0 Å². The molecule has 0 atom stereocenters. The topological polar surface area (TPSA) is 49.6 Å². The molecule has 0 spiro atoms. The standard InChI is InChI=1S/C15H29N3OS/c1-2-7-15(19)18(13-8-14(16)20)12-6-5-11-17-9-3-4-10-17/h2-13H2,1H3,(H2,16,20). The summed E-state index contributed by atoms with van der Waals surface area (Å²) in [6, 6.07) is 0. The van der Waals surface area contributed by atoms with E-state index in [1.165, 1.54) is 38.9 Å². The Morgan fingerprint density at radius 2 is 1.90 bits per heavy atom. The van der Waals surface area contributed by atoms with E-state index in [4.69, 9.17) is 18.0 Å². The number of rotatable bonds is 10. The molecule has 0 aliphatic carbocycles. The number of unbranched alkanes of at least 4 members (excludes halogenated alkanes) is 1. The molecule has 5 heteroatoms. The summed E-state index contributed by atoms with van der Waals surface area (Å²) < 4.78 is 0. The first-order valence-electron chi connectivity index (χ1n) is 7.92. The van der Waals surface area contributed by atoms with E-state index in [0.717, 1.165) is 19.4 Å². The van der Waals surface area contributed by atoms with Crippen LogP contribution in [0.1, 0.15) is 51.9 Å². The van der Waals surface area contributed by atoms with E-state index in [2.05, 4.69) is 4.90 Å². The van der Waals surface area contributed by atoms with Crippen molar-refractivity contribution >= 4 is 23.1 Å². The predicted octanol–water partition coefficient (Wildman–Crippen LogP) is 2.17. The van der Waals surface area contributed by atoms with Gasteiger partial charge in [-0.05, 0) is 51.7 Å². The van der Waals surface area contributed by atoms with Crippen LogP contribution in [-0.2, 0) is 4.79 Å². The van der Waals surface area contributed by atoms with Crippen molar-refractivity contribution in [2.75, 3.05) is 32.7 Å². The van der Waals surface area contributed by atoms with Crippen molar-refractivity contribution in [1.82, 2.24) is 9.80 Å². The van der Waals surface area contributed by atoms with Crippen molar-refractivity contribution in [3.05, 3.63) is 0 Å². The van der Waals surface area contributed by atoms with Crippen LogP contribution in [0.3, 0.4) is 0 Å². The minimum absolute atomic E-state index is 0.241. The van der Waals surface area contributed by atoms with E-state index in [1.54, 1.807) is 0 Å². The molecule has 0 saturated carbocycles. The Bertz CT molecular complexity index is 303. The molecule has 116 valence electrons. The van der Waals surface area contributed by atoms with Gasteiger partial charge in [0.2, 0.25) is 5.91 Å². The first-order valence-corrected chi connectivity index (χ1v) is 8.32. The van der Waals surface area contributed by atoms with Gasteiger partial charge in [-0.25, -0.2) is 0 Å². The third kappa shape index (κ3) is 7.20. The lowest BCUT2D eigenvalue weighted by Gasteiger charge is -2.23. The molecule has 0 aromatic heterocycles. The van der Waals surface area contributed by atoms with Crippen LogP contribution >= 0.6 is 12.2 Å². The molecule has 4 nitrogen and oxygen atoms in total. The van der Waals surface area contributed by atoms with Crippen LogP contribution in [0, 0.1) is 0 Å². The first-order chi connectivity index (χ1) is 9.63. The molecule has 1 fully saturated rings. The number of likely N-dealkylation sites (tertiary alicyclic amines) is 1. The summed E-state index contributed by atoms with van der Waals surface area (Å²) in [5.41, 5.74) is 5.54. The highest BCUT2D eigenvalue weighted by atomic mass is 32.1. The van der Waals surface area contributed by atoms with Crippen LogP contribution in [0.5, 0.6) is 0 Å². The highest BCUT2D eigenvalue weighted by molar-refractivity contribution is 7.80. The van der Waals surface area contributed by atoms with Crippen molar-refractivity contribution in [3.63, 3.8) is 0 Å². The Kier molecular flexibility index (Phi) is 8.78. The average Bonchev–Trinajstić information content (AvgIpc) is 2.90. The van der Waals surface area contributed by atoms with Crippen molar-refractivity contribution in [1.29, 1.82) is 0 Å². The summed E-state index contributed by atoms with van der Waals surface area (Å²) in [6.45, 7) is 7.23. The molecule has 0 aromatic rings. The van der Waals surface area contributed by atoms with Crippen LogP contribution in [0.2, 0.25) is 0 Å². The summed E-state index contributed by atoms with van der Waals surface area (Å²) in [5, 5.41) is 0. The van der Waals surface area contributed by atoms with Crippen LogP contribution in [0.15, 0.2) is 0 Å². The molecule has 1 rings (SSSR count). The highest BCUT2D eigenvalue weighted by Crippen LogP contribution is 2.09. The molecule has 2 N–H and O–H groups in total. The fraction of sp³-hybridized carbons (Fsp3) is 0.867. The smallest absolute Gasteiger partial charge is 0.222 e. The molecular formula is C15H29N3OS. The maximum atomic E-state index is 12.0. The Balaban J connectivity index is 2.23. The van der Waals surface area contributed by atoms with Crippen molar-refractivity contribution in [2.24, 2.45) is 5.73 Å². The number of amides is 1. The lowest BCUT2D eigenvalue weighted by Crippen LogP contribution is -2.34. The molecule has 0 aromatic carbocycles. The third-order valence-electron chi connectivity index (χ3n) is 3.80. The monoisotopic (exact) mass is 299 g/mol. The molecule has 1 amide bonds. The number of thiocarbonyl (C=S) groups is 1. The lowest BCUT2D eigenvalue weighted by molar-refractivity contribution is -0.131. The molecule has 1 heterocycles. The minimum atomic E-state index is 0.241. The summed E-state index contributed by atoms with van der Waals surface area (Å²) >= 11 is 4.91. The Hall–Kier alpha value is -0.680. The Labute approximate surface area is 128 Å². The number of carbonyl (C=O) groups excluding carboxylic acids is 1. The van der Waals surface area contributed by atoms with Gasteiger partial charge in [-0.3, -0.25) is 4.79 Å². The van der Waals surface area contributed by atoms with Crippen molar-refractivity contribution in [3.8, 4) is 0 Å². The van der Waals surface area contributed by atoms with Crippen molar-refractivity contribution in [2.45, 2.75) is 51.9 Å². The predicted molar refractivity (Wildman–Crippen MR) is 87.8 cm³/mol. The SMILES string of the molecule is CCCC(=O)N(CCCCN1CCCC1)CCC(N)=S. The Morgan fingerprint density at radius 1 is 1.20 bits per heavy atom. The van der Waals surface area contributed by atoms with Crippen LogP contribution in [0.25, 0.3) is 0 Å². The summed E-state index contributed by atoms with van der Waals surface area (Å²) in [7, 11) is 0. The molecular weight excluding hydrogens is 270 g/mol. The molecule has 0 unspecified atom stereocenters. The summed E-state index contributed by atoms with van der Waals surface area (Å²) in [6.07, 6.45) is 7.09. The third-order valence-corrected chi connectivity index (χ3v) is 4.00. The summed E-state index contributed by atoms with van der Waals surface area (Å²) in [5.74, 6) is 0.241. The van der Waals surface area contributed by atoms with E-state index in [-0.39, 0.29) is 5.91 Å². The van der Waals surface area contributed by atoms with Gasteiger partial charge in [-0.1, -0.05) is 19.1 Å². The molecule has 1 saturated heterocycles. The second-order valence-corrected chi connectivity index (χ2v) is 6.13. The van der Waals surface area contributed by atoms with Gasteiger partial charge in [0.1, 0.15) is 0 Å². The van der Waals surface area contributed by atoms with Gasteiger partial charge in [0.05, 0.1) is 4.99 Å². The fourth-order valence-electron chi connectivity index (χ4n) is 2.62.